The summed E-state index contributed by atoms with van der Waals surface area (Å²) in [5, 5.41) is 4.13. The average molecular weight is 377 g/mol. The maximum absolute atomic E-state index is 13.2. The molecule has 6 nitrogen and oxygen atoms in total. The van der Waals surface area contributed by atoms with Crippen molar-refractivity contribution in [3.8, 4) is 17.1 Å². The van der Waals surface area contributed by atoms with Crippen molar-refractivity contribution in [2.75, 3.05) is 13.2 Å². The average Bonchev–Trinajstić information content (AvgIpc) is 3.38. The van der Waals surface area contributed by atoms with Gasteiger partial charge in [0.15, 0.2) is 0 Å². The Morgan fingerprint density at radius 3 is 2.79 bits per heavy atom. The molecule has 2 heterocycles. The molecular weight excluding hydrogens is 354 g/mol. The summed E-state index contributed by atoms with van der Waals surface area (Å²) >= 11 is 0. The summed E-state index contributed by atoms with van der Waals surface area (Å²) in [5.74, 6) is 1.56. The van der Waals surface area contributed by atoms with Crippen LogP contribution in [0.3, 0.4) is 0 Å². The van der Waals surface area contributed by atoms with Crippen LogP contribution in [0.15, 0.2) is 53.1 Å². The fourth-order valence-corrected chi connectivity index (χ4v) is 3.54. The Hall–Kier alpha value is -3.15. The number of aryl methyl sites for hydroxylation is 1. The third-order valence-corrected chi connectivity index (χ3v) is 4.97. The molecule has 1 atom stereocenters. The highest BCUT2D eigenvalue weighted by Crippen LogP contribution is 2.34. The van der Waals surface area contributed by atoms with E-state index in [1.807, 2.05) is 61.2 Å². The molecule has 1 saturated heterocycles. The molecule has 0 N–H and O–H groups in total. The minimum atomic E-state index is -0.214. The van der Waals surface area contributed by atoms with Gasteiger partial charge in [-0.3, -0.25) is 4.79 Å². The van der Waals surface area contributed by atoms with Gasteiger partial charge in [-0.2, -0.15) is 4.98 Å². The number of carbonyl (C=O) groups excluding carboxylic acids is 1. The van der Waals surface area contributed by atoms with Gasteiger partial charge in [-0.05, 0) is 38.8 Å². The van der Waals surface area contributed by atoms with E-state index in [0.29, 0.717) is 36.2 Å². The molecule has 0 radical (unpaired) electrons. The van der Waals surface area contributed by atoms with Crippen LogP contribution >= 0.6 is 0 Å². The van der Waals surface area contributed by atoms with Crippen LogP contribution in [0.5, 0.6) is 5.75 Å². The first-order valence-corrected chi connectivity index (χ1v) is 9.61. The fourth-order valence-electron chi connectivity index (χ4n) is 3.54. The van der Waals surface area contributed by atoms with Crippen molar-refractivity contribution in [1.29, 1.82) is 0 Å². The zero-order chi connectivity index (χ0) is 19.5. The molecule has 1 aliphatic heterocycles. The van der Waals surface area contributed by atoms with E-state index < -0.39 is 0 Å². The number of carbonyl (C=O) groups is 1. The quantitative estimate of drug-likeness (QED) is 0.658. The van der Waals surface area contributed by atoms with Crippen molar-refractivity contribution in [3.05, 3.63) is 65.5 Å². The third kappa shape index (κ3) is 3.50. The second kappa shape index (κ2) is 7.84. The molecule has 1 aliphatic rings. The van der Waals surface area contributed by atoms with Gasteiger partial charge in [0.25, 0.3) is 5.91 Å². The monoisotopic (exact) mass is 377 g/mol. The van der Waals surface area contributed by atoms with Crippen LogP contribution in [0, 0.1) is 6.92 Å². The molecule has 1 aromatic heterocycles. The third-order valence-electron chi connectivity index (χ3n) is 4.97. The van der Waals surface area contributed by atoms with Crippen LogP contribution in [-0.2, 0) is 0 Å². The van der Waals surface area contributed by atoms with Gasteiger partial charge in [0.05, 0.1) is 12.2 Å². The van der Waals surface area contributed by atoms with Crippen LogP contribution in [-0.4, -0.2) is 34.1 Å². The topological polar surface area (TPSA) is 68.5 Å². The lowest BCUT2D eigenvalue weighted by Crippen LogP contribution is -2.31. The number of para-hydroxylation sites is 1. The first-order chi connectivity index (χ1) is 13.7. The maximum atomic E-state index is 13.2. The van der Waals surface area contributed by atoms with Crippen LogP contribution < -0.4 is 4.74 Å². The van der Waals surface area contributed by atoms with Crippen molar-refractivity contribution in [1.82, 2.24) is 15.0 Å². The molecule has 4 rings (SSSR count). The largest absolute Gasteiger partial charge is 0.493 e. The summed E-state index contributed by atoms with van der Waals surface area (Å²) in [4.78, 5) is 19.6. The van der Waals surface area contributed by atoms with Gasteiger partial charge in [0.1, 0.15) is 11.8 Å². The zero-order valence-corrected chi connectivity index (χ0v) is 16.1. The standard InChI is InChI=1S/C22H23N3O3/c1-3-27-19-9-5-4-7-17(19)22(26)25-14-6-8-18(25)21-23-20(24-28-21)16-12-10-15(2)11-13-16/h4-5,7,9-13,18H,3,6,8,14H2,1-2H3/t18-/m0/s1. The predicted octanol–water partition coefficient (Wildman–Crippen LogP) is 4.42. The van der Waals surface area contributed by atoms with Crippen molar-refractivity contribution in [3.63, 3.8) is 0 Å². The second-order valence-corrected chi connectivity index (χ2v) is 6.91. The van der Waals surface area contributed by atoms with Gasteiger partial charge in [-0.25, -0.2) is 0 Å². The second-order valence-electron chi connectivity index (χ2n) is 6.91. The number of rotatable bonds is 5. The van der Waals surface area contributed by atoms with E-state index in [2.05, 4.69) is 10.1 Å². The van der Waals surface area contributed by atoms with E-state index in [1.165, 1.54) is 5.56 Å². The first-order valence-electron chi connectivity index (χ1n) is 9.61. The Balaban J connectivity index is 1.59. The smallest absolute Gasteiger partial charge is 0.258 e. The number of likely N-dealkylation sites (tertiary alicyclic amines) is 1. The lowest BCUT2D eigenvalue weighted by molar-refractivity contribution is 0.0706. The van der Waals surface area contributed by atoms with Gasteiger partial charge >= 0.3 is 0 Å². The summed E-state index contributed by atoms with van der Waals surface area (Å²) in [6.07, 6.45) is 1.70. The minimum absolute atomic E-state index is 0.0679. The lowest BCUT2D eigenvalue weighted by atomic mass is 10.1. The number of nitrogens with zero attached hydrogens (tertiary/aromatic N) is 3. The molecule has 1 amide bonds. The number of hydrogen-bond acceptors (Lipinski definition) is 5. The van der Waals surface area contributed by atoms with E-state index in [9.17, 15) is 4.79 Å². The summed E-state index contributed by atoms with van der Waals surface area (Å²) in [6, 6.07) is 15.1. The number of amides is 1. The Morgan fingerprint density at radius 2 is 2.00 bits per heavy atom. The fraction of sp³-hybridized carbons (Fsp3) is 0.318. The molecule has 2 aromatic carbocycles. The van der Waals surface area contributed by atoms with Crippen LogP contribution in [0.2, 0.25) is 0 Å². The van der Waals surface area contributed by atoms with Crippen LogP contribution in [0.4, 0.5) is 0 Å². The molecule has 0 spiro atoms. The van der Waals surface area contributed by atoms with E-state index in [-0.39, 0.29) is 11.9 Å². The first kappa shape index (κ1) is 18.2. The molecule has 1 fully saturated rings. The van der Waals surface area contributed by atoms with E-state index in [0.717, 1.165) is 18.4 Å². The van der Waals surface area contributed by atoms with Gasteiger partial charge in [-0.1, -0.05) is 47.1 Å². The zero-order valence-electron chi connectivity index (χ0n) is 16.1. The number of benzene rings is 2. The van der Waals surface area contributed by atoms with E-state index in [4.69, 9.17) is 9.26 Å². The van der Waals surface area contributed by atoms with Crippen molar-refractivity contribution in [2.24, 2.45) is 0 Å². The molecule has 0 unspecified atom stereocenters. The molecular formula is C22H23N3O3. The normalized spacial score (nSPS) is 16.4. The summed E-state index contributed by atoms with van der Waals surface area (Å²) in [6.45, 7) is 5.11. The molecule has 0 bridgehead atoms. The van der Waals surface area contributed by atoms with Gasteiger partial charge in [-0.15, -0.1) is 0 Å². The summed E-state index contributed by atoms with van der Waals surface area (Å²) in [5.41, 5.74) is 2.64. The van der Waals surface area contributed by atoms with E-state index >= 15 is 0 Å². The molecule has 0 saturated carbocycles. The van der Waals surface area contributed by atoms with Gasteiger partial charge in [0, 0.05) is 12.1 Å². The van der Waals surface area contributed by atoms with Crippen molar-refractivity contribution < 1.29 is 14.1 Å². The summed E-state index contributed by atoms with van der Waals surface area (Å²) in [7, 11) is 0. The minimum Gasteiger partial charge on any atom is -0.493 e. The molecule has 28 heavy (non-hydrogen) atoms. The highest BCUT2D eigenvalue weighted by Gasteiger charge is 2.35. The Morgan fingerprint density at radius 1 is 1.21 bits per heavy atom. The van der Waals surface area contributed by atoms with Crippen LogP contribution in [0.25, 0.3) is 11.4 Å². The summed E-state index contributed by atoms with van der Waals surface area (Å²) < 4.78 is 11.2. The highest BCUT2D eigenvalue weighted by atomic mass is 16.5. The Labute approximate surface area is 164 Å². The molecule has 0 aliphatic carbocycles. The molecule has 6 heteroatoms. The Bertz CT molecular complexity index is 965. The number of hydrogen-bond donors (Lipinski definition) is 0. The van der Waals surface area contributed by atoms with Crippen molar-refractivity contribution in [2.45, 2.75) is 32.7 Å². The van der Waals surface area contributed by atoms with E-state index in [1.54, 1.807) is 6.07 Å². The number of aromatic nitrogens is 2. The van der Waals surface area contributed by atoms with Gasteiger partial charge in [0.2, 0.25) is 11.7 Å². The molecule has 144 valence electrons. The van der Waals surface area contributed by atoms with Crippen LogP contribution in [0.1, 0.15) is 47.6 Å². The predicted molar refractivity (Wildman–Crippen MR) is 105 cm³/mol. The lowest BCUT2D eigenvalue weighted by Gasteiger charge is -2.23. The number of ether oxygens (including phenoxy) is 1. The van der Waals surface area contributed by atoms with Gasteiger partial charge < -0.3 is 14.2 Å². The highest BCUT2D eigenvalue weighted by molar-refractivity contribution is 5.97. The maximum Gasteiger partial charge on any atom is 0.258 e. The van der Waals surface area contributed by atoms with Crippen molar-refractivity contribution >= 4 is 5.91 Å². The Kier molecular flexibility index (Phi) is 5.10. The SMILES string of the molecule is CCOc1ccccc1C(=O)N1CCC[C@H]1c1nc(-c2ccc(C)cc2)no1. The molecule has 3 aromatic rings.